The second-order valence-electron chi connectivity index (χ2n) is 4.98. The number of alkyl halides is 1. The molecule has 0 aliphatic heterocycles. The fourth-order valence-electron chi connectivity index (χ4n) is 1.54. The van der Waals surface area contributed by atoms with E-state index in [1.807, 2.05) is 41.5 Å². The highest BCUT2D eigenvalue weighted by atomic mass is 79.9. The van der Waals surface area contributed by atoms with Crippen molar-refractivity contribution in [3.8, 4) is 0 Å². The lowest BCUT2D eigenvalue weighted by molar-refractivity contribution is 0.00200. The van der Waals surface area contributed by atoms with Gasteiger partial charge in [0.2, 0.25) is 0 Å². The van der Waals surface area contributed by atoms with E-state index >= 15 is 0 Å². The topological polar surface area (TPSA) is 27.7 Å². The molecule has 104 valence electrons. The Balaban J connectivity index is 5.04. The van der Waals surface area contributed by atoms with Gasteiger partial charge >= 0.3 is 8.80 Å². The molecule has 0 aliphatic carbocycles. The van der Waals surface area contributed by atoms with Gasteiger partial charge in [-0.25, -0.2) is 0 Å². The molecule has 0 aliphatic rings. The van der Waals surface area contributed by atoms with Crippen molar-refractivity contribution in [2.45, 2.75) is 77.6 Å². The first-order chi connectivity index (χ1) is 7.73. The molecule has 0 aromatic heterocycles. The second kappa shape index (κ2) is 7.89. The zero-order valence-corrected chi connectivity index (χ0v) is 14.7. The van der Waals surface area contributed by atoms with E-state index in [2.05, 4.69) is 22.9 Å². The van der Waals surface area contributed by atoms with Crippen molar-refractivity contribution in [2.24, 2.45) is 0 Å². The molecule has 0 amide bonds. The van der Waals surface area contributed by atoms with Gasteiger partial charge in [-0.2, -0.15) is 0 Å². The summed E-state index contributed by atoms with van der Waals surface area (Å²) in [5, 5.41) is 0. The zero-order chi connectivity index (χ0) is 13.6. The van der Waals surface area contributed by atoms with E-state index in [1.54, 1.807) is 0 Å². The Kier molecular flexibility index (Phi) is 8.16. The lowest BCUT2D eigenvalue weighted by Gasteiger charge is -2.37. The van der Waals surface area contributed by atoms with Crippen LogP contribution in [0.15, 0.2) is 0 Å². The van der Waals surface area contributed by atoms with Crippen molar-refractivity contribution in [3.63, 3.8) is 0 Å². The van der Waals surface area contributed by atoms with Crippen molar-refractivity contribution >= 4 is 24.7 Å². The van der Waals surface area contributed by atoms with Gasteiger partial charge in [0.05, 0.1) is 4.45 Å². The summed E-state index contributed by atoms with van der Waals surface area (Å²) >= 11 is 3.67. The van der Waals surface area contributed by atoms with Gasteiger partial charge in [-0.05, 0) is 48.0 Å². The molecule has 0 aromatic carbocycles. The van der Waals surface area contributed by atoms with Crippen LogP contribution in [0.5, 0.6) is 0 Å². The monoisotopic (exact) mass is 326 g/mol. The van der Waals surface area contributed by atoms with Crippen LogP contribution >= 0.6 is 15.9 Å². The number of rotatable bonds is 8. The van der Waals surface area contributed by atoms with Crippen LogP contribution in [-0.2, 0) is 13.3 Å². The summed E-state index contributed by atoms with van der Waals surface area (Å²) in [6, 6.07) is 0. The van der Waals surface area contributed by atoms with Crippen LogP contribution in [0.25, 0.3) is 0 Å². The molecule has 0 saturated heterocycles. The molecule has 3 nitrogen and oxygen atoms in total. The summed E-state index contributed by atoms with van der Waals surface area (Å²) in [5.74, 6) is 0. The molecular weight excluding hydrogens is 300 g/mol. The van der Waals surface area contributed by atoms with Crippen LogP contribution in [0, 0.1) is 0 Å². The predicted molar refractivity (Wildman–Crippen MR) is 77.4 cm³/mol. The minimum atomic E-state index is -2.67. The number of halogens is 1. The Morgan fingerprint density at radius 1 is 0.824 bits per heavy atom. The summed E-state index contributed by atoms with van der Waals surface area (Å²) in [6.45, 7) is 14.2. The summed E-state index contributed by atoms with van der Waals surface area (Å²) < 4.78 is 18.3. The largest absolute Gasteiger partial charge is 0.515 e. The number of hydrogen-bond acceptors (Lipinski definition) is 3. The van der Waals surface area contributed by atoms with Gasteiger partial charge in [-0.1, -0.05) is 22.9 Å². The van der Waals surface area contributed by atoms with Gasteiger partial charge in [0.1, 0.15) is 0 Å². The van der Waals surface area contributed by atoms with Crippen LogP contribution in [-0.4, -0.2) is 31.6 Å². The van der Waals surface area contributed by atoms with E-state index in [0.717, 1.165) is 6.42 Å². The Bertz CT molecular complexity index is 183. The maximum Gasteiger partial charge on any atom is 0.515 e. The molecule has 1 unspecified atom stereocenters. The maximum atomic E-state index is 6.06. The molecular formula is C12H27BrO3Si. The van der Waals surface area contributed by atoms with Gasteiger partial charge in [0.15, 0.2) is 0 Å². The maximum absolute atomic E-state index is 6.06. The summed E-state index contributed by atoms with van der Waals surface area (Å²) in [5.41, 5.74) is 0. The first-order valence-corrected chi connectivity index (χ1v) is 9.12. The molecule has 0 saturated carbocycles. The van der Waals surface area contributed by atoms with Gasteiger partial charge in [-0.3, -0.25) is 0 Å². The SMILES string of the molecule is CCC(Br)[Si](OC(C)C)(OC(C)C)OC(C)C. The molecule has 0 spiro atoms. The first-order valence-electron chi connectivity index (χ1n) is 6.41. The molecule has 0 radical (unpaired) electrons. The van der Waals surface area contributed by atoms with Crippen molar-refractivity contribution in [1.29, 1.82) is 0 Å². The molecule has 0 bridgehead atoms. The van der Waals surface area contributed by atoms with E-state index in [4.69, 9.17) is 13.3 Å². The van der Waals surface area contributed by atoms with Gasteiger partial charge in [-0.15, -0.1) is 0 Å². The molecule has 0 aromatic rings. The first kappa shape index (κ1) is 17.6. The van der Waals surface area contributed by atoms with Gasteiger partial charge < -0.3 is 13.3 Å². The van der Waals surface area contributed by atoms with Crippen molar-refractivity contribution < 1.29 is 13.3 Å². The highest BCUT2D eigenvalue weighted by Crippen LogP contribution is 2.28. The average molecular weight is 327 g/mol. The van der Waals surface area contributed by atoms with Crippen LogP contribution in [0.4, 0.5) is 0 Å². The van der Waals surface area contributed by atoms with Crippen molar-refractivity contribution in [1.82, 2.24) is 0 Å². The molecule has 0 N–H and O–H groups in total. The summed E-state index contributed by atoms with van der Waals surface area (Å²) in [6.07, 6.45) is 1.24. The third-order valence-electron chi connectivity index (χ3n) is 1.94. The Hall–Kier alpha value is 0.577. The summed E-state index contributed by atoms with van der Waals surface area (Å²) in [4.78, 5) is 0. The van der Waals surface area contributed by atoms with E-state index in [0.29, 0.717) is 0 Å². The van der Waals surface area contributed by atoms with Gasteiger partial charge in [0, 0.05) is 18.3 Å². The van der Waals surface area contributed by atoms with E-state index in [-0.39, 0.29) is 22.8 Å². The predicted octanol–water partition coefficient (Wildman–Crippen LogP) is 3.91. The Morgan fingerprint density at radius 3 is 1.29 bits per heavy atom. The van der Waals surface area contributed by atoms with E-state index < -0.39 is 8.80 Å². The Morgan fingerprint density at radius 2 is 1.12 bits per heavy atom. The van der Waals surface area contributed by atoms with Gasteiger partial charge in [0.25, 0.3) is 0 Å². The molecule has 1 atom stereocenters. The lowest BCUT2D eigenvalue weighted by atomic mass is 10.5. The smallest absolute Gasteiger partial charge is 0.370 e. The molecule has 17 heavy (non-hydrogen) atoms. The minimum Gasteiger partial charge on any atom is -0.370 e. The standard InChI is InChI=1S/C12H27BrO3Si/c1-8-12(13)17(14-9(2)3,15-10(4)5)16-11(6)7/h9-12H,8H2,1-7H3. The van der Waals surface area contributed by atoms with Crippen LogP contribution < -0.4 is 0 Å². The van der Waals surface area contributed by atoms with Crippen LogP contribution in [0.3, 0.4) is 0 Å². The fraction of sp³-hybridized carbons (Fsp3) is 1.00. The van der Waals surface area contributed by atoms with Crippen molar-refractivity contribution in [2.75, 3.05) is 0 Å². The third-order valence-corrected chi connectivity index (χ3v) is 7.85. The molecule has 0 rings (SSSR count). The molecule has 5 heteroatoms. The van der Waals surface area contributed by atoms with Crippen LogP contribution in [0.1, 0.15) is 54.9 Å². The quantitative estimate of drug-likeness (QED) is 0.500. The second-order valence-corrected chi connectivity index (χ2v) is 9.54. The van der Waals surface area contributed by atoms with E-state index in [1.165, 1.54) is 0 Å². The van der Waals surface area contributed by atoms with Crippen LogP contribution in [0.2, 0.25) is 0 Å². The minimum absolute atomic E-state index is 0.103. The van der Waals surface area contributed by atoms with E-state index in [9.17, 15) is 0 Å². The van der Waals surface area contributed by atoms with Crippen molar-refractivity contribution in [3.05, 3.63) is 0 Å². The average Bonchev–Trinajstić information content (AvgIpc) is 2.12. The Labute approximate surface area is 116 Å². The number of hydrogen-bond donors (Lipinski definition) is 0. The normalized spacial score (nSPS) is 15.0. The highest BCUT2D eigenvalue weighted by Gasteiger charge is 2.50. The molecule has 0 fully saturated rings. The lowest BCUT2D eigenvalue weighted by Crippen LogP contribution is -2.57. The zero-order valence-electron chi connectivity index (χ0n) is 12.1. The molecule has 0 heterocycles. The summed E-state index contributed by atoms with van der Waals surface area (Å²) in [7, 11) is -2.67. The third kappa shape index (κ3) is 6.34. The fourth-order valence-corrected chi connectivity index (χ4v) is 5.59. The highest BCUT2D eigenvalue weighted by molar-refractivity contribution is 9.10.